The van der Waals surface area contributed by atoms with Crippen LogP contribution in [0.1, 0.15) is 37.3 Å². The van der Waals surface area contributed by atoms with Crippen LogP contribution in [0.3, 0.4) is 0 Å². The summed E-state index contributed by atoms with van der Waals surface area (Å²) in [5.41, 5.74) is 2.01. The molecular weight excluding hydrogens is 258 g/mol. The third-order valence-corrected chi connectivity index (χ3v) is 3.53. The second-order valence-corrected chi connectivity index (χ2v) is 5.06. The first kappa shape index (κ1) is 14.4. The molecular formula is C15H19NO4. The van der Waals surface area contributed by atoms with Gasteiger partial charge in [-0.3, -0.25) is 0 Å². The Hall–Kier alpha value is -2.01. The Morgan fingerprint density at radius 2 is 2.00 bits per heavy atom. The topological polar surface area (TPSA) is 71.7 Å². The monoisotopic (exact) mass is 277 g/mol. The first-order valence-electron chi connectivity index (χ1n) is 6.48. The van der Waals surface area contributed by atoms with E-state index in [1.165, 1.54) is 7.11 Å². The number of hydrogen-bond donors (Lipinski definition) is 2. The van der Waals surface area contributed by atoms with Crippen LogP contribution in [-0.4, -0.2) is 27.9 Å². The minimum Gasteiger partial charge on any atom is -0.496 e. The standard InChI is InChI=1S/C15H19NO4/c1-8(2)16-9(3)12(14(17)15(18)19)13-10(16)6-5-7-11(13)20-4/h5-8,14,17H,1-4H3,(H,18,19). The number of carboxylic acid groups (broad SMARTS) is 1. The van der Waals surface area contributed by atoms with Gasteiger partial charge in [0.15, 0.2) is 6.10 Å². The largest absolute Gasteiger partial charge is 0.496 e. The average molecular weight is 277 g/mol. The molecule has 5 nitrogen and oxygen atoms in total. The summed E-state index contributed by atoms with van der Waals surface area (Å²) in [5, 5.41) is 19.8. The minimum atomic E-state index is -1.56. The van der Waals surface area contributed by atoms with Gasteiger partial charge in [0, 0.05) is 22.7 Å². The number of aliphatic hydroxyl groups excluding tert-OH is 1. The number of aliphatic carboxylic acids is 1. The Bertz CT molecular complexity index is 657. The highest BCUT2D eigenvalue weighted by Gasteiger charge is 2.27. The van der Waals surface area contributed by atoms with Gasteiger partial charge in [0.1, 0.15) is 5.75 Å². The highest BCUT2D eigenvalue weighted by molar-refractivity contribution is 5.95. The molecule has 2 aromatic rings. The van der Waals surface area contributed by atoms with E-state index in [4.69, 9.17) is 9.84 Å². The van der Waals surface area contributed by atoms with Crippen LogP contribution in [0.25, 0.3) is 10.9 Å². The highest BCUT2D eigenvalue weighted by Crippen LogP contribution is 2.38. The molecule has 1 aromatic heterocycles. The maximum Gasteiger partial charge on any atom is 0.337 e. The fourth-order valence-electron chi connectivity index (χ4n) is 2.78. The third kappa shape index (κ3) is 2.04. The Balaban J connectivity index is 2.91. The lowest BCUT2D eigenvalue weighted by atomic mass is 10.0. The number of aromatic nitrogens is 1. The molecule has 0 fully saturated rings. The Morgan fingerprint density at radius 3 is 2.50 bits per heavy atom. The minimum absolute atomic E-state index is 0.152. The molecule has 2 N–H and O–H groups in total. The fourth-order valence-corrected chi connectivity index (χ4v) is 2.78. The summed E-state index contributed by atoms with van der Waals surface area (Å²) in [6.45, 7) is 5.85. The van der Waals surface area contributed by atoms with Crippen molar-refractivity contribution in [2.45, 2.75) is 32.9 Å². The summed E-state index contributed by atoms with van der Waals surface area (Å²) in [6.07, 6.45) is -1.56. The molecule has 0 aliphatic rings. The molecule has 1 heterocycles. The van der Waals surface area contributed by atoms with Gasteiger partial charge in [-0.15, -0.1) is 0 Å². The van der Waals surface area contributed by atoms with Gasteiger partial charge in [-0.1, -0.05) is 6.07 Å². The lowest BCUT2D eigenvalue weighted by molar-refractivity contribution is -0.146. The molecule has 0 aliphatic heterocycles. The van der Waals surface area contributed by atoms with Crippen molar-refractivity contribution in [1.82, 2.24) is 4.57 Å². The summed E-state index contributed by atoms with van der Waals surface area (Å²) in [7, 11) is 1.54. The van der Waals surface area contributed by atoms with E-state index in [-0.39, 0.29) is 6.04 Å². The van der Waals surface area contributed by atoms with Gasteiger partial charge in [-0.2, -0.15) is 0 Å². The van der Waals surface area contributed by atoms with E-state index in [0.29, 0.717) is 16.7 Å². The number of ether oxygens (including phenoxy) is 1. The Kier molecular flexibility index (Phi) is 3.72. The van der Waals surface area contributed by atoms with Crippen molar-refractivity contribution in [1.29, 1.82) is 0 Å². The normalized spacial score (nSPS) is 12.9. The van der Waals surface area contributed by atoms with Gasteiger partial charge >= 0.3 is 5.97 Å². The van der Waals surface area contributed by atoms with Crippen molar-refractivity contribution in [3.05, 3.63) is 29.5 Å². The van der Waals surface area contributed by atoms with Crippen molar-refractivity contribution in [2.75, 3.05) is 7.11 Å². The van der Waals surface area contributed by atoms with Crippen LogP contribution in [0.15, 0.2) is 18.2 Å². The van der Waals surface area contributed by atoms with E-state index in [1.807, 2.05) is 37.5 Å². The number of rotatable bonds is 4. The number of aliphatic hydroxyl groups is 1. The van der Waals surface area contributed by atoms with E-state index >= 15 is 0 Å². The predicted octanol–water partition coefficient (Wildman–Crippen LogP) is 2.66. The van der Waals surface area contributed by atoms with Crippen LogP contribution in [0.4, 0.5) is 0 Å². The molecule has 1 aromatic carbocycles. The zero-order valence-electron chi connectivity index (χ0n) is 12.0. The molecule has 0 aliphatic carbocycles. The molecule has 0 saturated heterocycles. The van der Waals surface area contributed by atoms with Gasteiger partial charge in [0.05, 0.1) is 12.6 Å². The van der Waals surface area contributed by atoms with E-state index in [0.717, 1.165) is 11.2 Å². The average Bonchev–Trinajstić information content (AvgIpc) is 2.69. The molecule has 1 atom stereocenters. The highest BCUT2D eigenvalue weighted by atomic mass is 16.5. The Morgan fingerprint density at radius 1 is 1.35 bits per heavy atom. The lowest BCUT2D eigenvalue weighted by Gasteiger charge is -2.13. The zero-order valence-corrected chi connectivity index (χ0v) is 12.0. The molecule has 0 spiro atoms. The number of nitrogens with zero attached hydrogens (tertiary/aromatic N) is 1. The maximum atomic E-state index is 11.2. The second-order valence-electron chi connectivity index (χ2n) is 5.06. The number of carboxylic acids is 1. The van der Waals surface area contributed by atoms with Crippen LogP contribution in [0, 0.1) is 6.92 Å². The molecule has 1 unspecified atom stereocenters. The summed E-state index contributed by atoms with van der Waals surface area (Å²) >= 11 is 0. The number of benzene rings is 1. The smallest absolute Gasteiger partial charge is 0.337 e. The number of hydrogen-bond acceptors (Lipinski definition) is 3. The summed E-state index contributed by atoms with van der Waals surface area (Å²) < 4.78 is 7.34. The van der Waals surface area contributed by atoms with E-state index < -0.39 is 12.1 Å². The molecule has 20 heavy (non-hydrogen) atoms. The molecule has 5 heteroatoms. The van der Waals surface area contributed by atoms with Crippen LogP contribution < -0.4 is 4.74 Å². The first-order chi connectivity index (χ1) is 9.40. The van der Waals surface area contributed by atoms with Crippen molar-refractivity contribution in [3.8, 4) is 5.75 Å². The maximum absolute atomic E-state index is 11.2. The van der Waals surface area contributed by atoms with Gasteiger partial charge in [0.25, 0.3) is 0 Å². The molecule has 0 saturated carbocycles. The zero-order chi connectivity index (χ0) is 15.0. The lowest BCUT2D eigenvalue weighted by Crippen LogP contribution is -2.12. The van der Waals surface area contributed by atoms with Crippen LogP contribution in [-0.2, 0) is 4.79 Å². The molecule has 0 amide bonds. The molecule has 2 rings (SSSR count). The van der Waals surface area contributed by atoms with Gasteiger partial charge in [0.2, 0.25) is 0 Å². The van der Waals surface area contributed by atoms with E-state index in [9.17, 15) is 9.90 Å². The molecule has 0 radical (unpaired) electrons. The van der Waals surface area contributed by atoms with Crippen LogP contribution in [0.2, 0.25) is 0 Å². The number of fused-ring (bicyclic) bond motifs is 1. The van der Waals surface area contributed by atoms with Crippen LogP contribution in [0.5, 0.6) is 5.75 Å². The van der Waals surface area contributed by atoms with E-state index in [2.05, 4.69) is 0 Å². The predicted molar refractivity (Wildman–Crippen MR) is 76.2 cm³/mol. The van der Waals surface area contributed by atoms with Crippen molar-refractivity contribution < 1.29 is 19.7 Å². The first-order valence-corrected chi connectivity index (χ1v) is 6.48. The number of carbonyl (C=O) groups is 1. The number of methoxy groups -OCH3 is 1. The van der Waals surface area contributed by atoms with E-state index in [1.54, 1.807) is 6.07 Å². The van der Waals surface area contributed by atoms with Crippen molar-refractivity contribution in [3.63, 3.8) is 0 Å². The van der Waals surface area contributed by atoms with Crippen LogP contribution >= 0.6 is 0 Å². The quantitative estimate of drug-likeness (QED) is 0.901. The third-order valence-electron chi connectivity index (χ3n) is 3.53. The van der Waals surface area contributed by atoms with Crippen molar-refractivity contribution >= 4 is 16.9 Å². The summed E-state index contributed by atoms with van der Waals surface area (Å²) in [4.78, 5) is 11.2. The van der Waals surface area contributed by atoms with Gasteiger partial charge in [-0.25, -0.2) is 4.79 Å². The molecule has 0 bridgehead atoms. The SMILES string of the molecule is COc1cccc2c1c(C(O)C(=O)O)c(C)n2C(C)C. The molecule has 108 valence electrons. The summed E-state index contributed by atoms with van der Waals surface area (Å²) in [6, 6.07) is 5.68. The van der Waals surface area contributed by atoms with Gasteiger partial charge in [-0.05, 0) is 32.9 Å². The summed E-state index contributed by atoms with van der Waals surface area (Å²) in [5.74, 6) is -0.692. The fraction of sp³-hybridized carbons (Fsp3) is 0.400. The van der Waals surface area contributed by atoms with Crippen molar-refractivity contribution in [2.24, 2.45) is 0 Å². The second kappa shape index (κ2) is 5.17. The Labute approximate surface area is 117 Å². The van der Waals surface area contributed by atoms with Gasteiger partial charge < -0.3 is 19.5 Å².